The Labute approximate surface area is 226 Å². The van der Waals surface area contributed by atoms with Crippen LogP contribution < -0.4 is 0 Å². The average molecular weight is 541 g/mol. The largest absolute Gasteiger partial charge is 0.453 e. The van der Waals surface area contributed by atoms with Crippen LogP contribution in [0.1, 0.15) is 30.9 Å². The molecule has 11 heteroatoms. The molecular weight excluding hydrogens is 508 g/mol. The molecule has 0 spiro atoms. The standard InChI is InChI=1S/C27H32N4O6S/c1-17(2)20-9-7-8-10-23(20)38-24-12-11-19(15-21(24)31(35)36)18(3)25(32)29-13-14-30(27(34)37-6)22(16-29)26(33)28(4)5/h7-12,15,17,22H,3,13-14,16H2,1-2,4-6H3. The lowest BCUT2D eigenvalue weighted by molar-refractivity contribution is -0.387. The molecule has 3 rings (SSSR count). The number of carbonyl (C=O) groups is 3. The number of ether oxygens (including phenoxy) is 1. The predicted molar refractivity (Wildman–Crippen MR) is 145 cm³/mol. The van der Waals surface area contributed by atoms with Gasteiger partial charge in [-0.1, -0.05) is 56.5 Å². The highest BCUT2D eigenvalue weighted by Crippen LogP contribution is 2.39. The molecule has 202 valence electrons. The quantitative estimate of drug-likeness (QED) is 0.293. The Balaban J connectivity index is 1.86. The Morgan fingerprint density at radius 3 is 2.42 bits per heavy atom. The van der Waals surface area contributed by atoms with Crippen LogP contribution in [0.25, 0.3) is 5.57 Å². The molecule has 0 N–H and O–H groups in total. The van der Waals surface area contributed by atoms with E-state index in [1.165, 1.54) is 39.6 Å². The zero-order valence-electron chi connectivity index (χ0n) is 22.2. The first-order valence-corrected chi connectivity index (χ1v) is 12.9. The first kappa shape index (κ1) is 28.7. The van der Waals surface area contributed by atoms with Crippen LogP contribution >= 0.6 is 11.8 Å². The molecule has 1 heterocycles. The number of benzene rings is 2. The van der Waals surface area contributed by atoms with Gasteiger partial charge in [0.2, 0.25) is 5.91 Å². The minimum Gasteiger partial charge on any atom is -0.453 e. The van der Waals surface area contributed by atoms with Gasteiger partial charge in [-0.25, -0.2) is 4.79 Å². The number of likely N-dealkylation sites (N-methyl/N-ethyl adjacent to an activating group) is 1. The summed E-state index contributed by atoms with van der Waals surface area (Å²) in [6.07, 6.45) is -0.654. The van der Waals surface area contributed by atoms with Gasteiger partial charge in [0, 0.05) is 43.7 Å². The molecule has 0 saturated carbocycles. The van der Waals surface area contributed by atoms with E-state index in [0.717, 1.165) is 10.5 Å². The Bertz CT molecular complexity index is 1260. The molecule has 10 nitrogen and oxygen atoms in total. The molecule has 0 aliphatic carbocycles. The third-order valence-electron chi connectivity index (χ3n) is 6.33. The second kappa shape index (κ2) is 12.1. The fourth-order valence-corrected chi connectivity index (χ4v) is 5.41. The van der Waals surface area contributed by atoms with Crippen LogP contribution in [0.5, 0.6) is 0 Å². The van der Waals surface area contributed by atoms with E-state index in [9.17, 15) is 24.5 Å². The van der Waals surface area contributed by atoms with Gasteiger partial charge in [-0.15, -0.1) is 0 Å². The number of hydrogen-bond acceptors (Lipinski definition) is 7. The van der Waals surface area contributed by atoms with Gasteiger partial charge in [0.05, 0.1) is 23.5 Å². The topological polar surface area (TPSA) is 113 Å². The van der Waals surface area contributed by atoms with Crippen molar-refractivity contribution in [3.63, 3.8) is 0 Å². The van der Waals surface area contributed by atoms with Gasteiger partial charge in [-0.05, 0) is 29.2 Å². The number of nitro groups is 1. The van der Waals surface area contributed by atoms with Crippen molar-refractivity contribution in [2.24, 2.45) is 0 Å². The zero-order valence-corrected chi connectivity index (χ0v) is 23.0. The van der Waals surface area contributed by atoms with Crippen molar-refractivity contribution in [1.82, 2.24) is 14.7 Å². The average Bonchev–Trinajstić information content (AvgIpc) is 2.91. The van der Waals surface area contributed by atoms with Crippen molar-refractivity contribution in [3.8, 4) is 0 Å². The third-order valence-corrected chi connectivity index (χ3v) is 7.48. The zero-order chi connectivity index (χ0) is 28.1. The van der Waals surface area contributed by atoms with Gasteiger partial charge in [0.15, 0.2) is 0 Å². The second-order valence-corrected chi connectivity index (χ2v) is 10.5. The van der Waals surface area contributed by atoms with Crippen molar-refractivity contribution in [2.45, 2.75) is 35.6 Å². The summed E-state index contributed by atoms with van der Waals surface area (Å²) in [4.78, 5) is 55.2. The van der Waals surface area contributed by atoms with Crippen molar-refractivity contribution in [2.75, 3.05) is 40.8 Å². The van der Waals surface area contributed by atoms with E-state index in [2.05, 4.69) is 20.4 Å². The number of piperazine rings is 1. The molecule has 2 aromatic rings. The Hall–Kier alpha value is -3.86. The van der Waals surface area contributed by atoms with Crippen LogP contribution in [0.4, 0.5) is 10.5 Å². The number of methoxy groups -OCH3 is 1. The van der Waals surface area contributed by atoms with Crippen molar-refractivity contribution < 1.29 is 24.0 Å². The maximum Gasteiger partial charge on any atom is 0.410 e. The molecule has 1 unspecified atom stereocenters. The Morgan fingerprint density at radius 2 is 1.82 bits per heavy atom. The van der Waals surface area contributed by atoms with Gasteiger partial charge in [0.1, 0.15) is 6.04 Å². The molecular formula is C27H32N4O6S. The van der Waals surface area contributed by atoms with Crippen LogP contribution in [0.2, 0.25) is 0 Å². The number of nitro benzene ring substituents is 1. The van der Waals surface area contributed by atoms with Crippen LogP contribution in [-0.4, -0.2) is 84.4 Å². The van der Waals surface area contributed by atoms with Crippen molar-refractivity contribution >= 4 is 40.9 Å². The summed E-state index contributed by atoms with van der Waals surface area (Å²) in [6, 6.07) is 11.5. The summed E-state index contributed by atoms with van der Waals surface area (Å²) < 4.78 is 4.80. The monoisotopic (exact) mass is 540 g/mol. The SMILES string of the molecule is C=C(C(=O)N1CCN(C(=O)OC)C(C(=O)N(C)C)C1)c1ccc(Sc2ccccc2C(C)C)c([N+](=O)[O-])c1. The highest BCUT2D eigenvalue weighted by molar-refractivity contribution is 7.99. The minimum absolute atomic E-state index is 0.0496. The first-order valence-electron chi connectivity index (χ1n) is 12.1. The van der Waals surface area contributed by atoms with Gasteiger partial charge in [-0.3, -0.25) is 24.6 Å². The fourth-order valence-electron chi connectivity index (χ4n) is 4.23. The highest BCUT2D eigenvalue weighted by atomic mass is 32.2. The molecule has 1 atom stereocenters. The van der Waals surface area contributed by atoms with E-state index in [4.69, 9.17) is 4.74 Å². The van der Waals surface area contributed by atoms with Crippen LogP contribution in [0, 0.1) is 10.1 Å². The molecule has 1 aliphatic rings. The summed E-state index contributed by atoms with van der Waals surface area (Å²) in [6.45, 7) is 8.24. The lowest BCUT2D eigenvalue weighted by atomic mass is 10.0. The van der Waals surface area contributed by atoms with E-state index < -0.39 is 23.0 Å². The number of amides is 3. The van der Waals surface area contributed by atoms with E-state index in [1.54, 1.807) is 26.2 Å². The maximum atomic E-state index is 13.4. The smallest absolute Gasteiger partial charge is 0.410 e. The van der Waals surface area contributed by atoms with E-state index in [1.807, 2.05) is 24.3 Å². The third kappa shape index (κ3) is 6.16. The molecule has 0 aromatic heterocycles. The van der Waals surface area contributed by atoms with Crippen molar-refractivity contribution in [1.29, 1.82) is 0 Å². The van der Waals surface area contributed by atoms with Crippen LogP contribution in [0.3, 0.4) is 0 Å². The van der Waals surface area contributed by atoms with Gasteiger partial charge >= 0.3 is 6.09 Å². The molecule has 0 bridgehead atoms. The summed E-state index contributed by atoms with van der Waals surface area (Å²) in [5.74, 6) is -0.569. The number of carbonyl (C=O) groups excluding carboxylic acids is 3. The molecule has 38 heavy (non-hydrogen) atoms. The molecule has 0 radical (unpaired) electrons. The van der Waals surface area contributed by atoms with Gasteiger partial charge < -0.3 is 14.5 Å². The molecule has 2 aromatic carbocycles. The summed E-state index contributed by atoms with van der Waals surface area (Å²) in [7, 11) is 4.36. The Kier molecular flexibility index (Phi) is 9.16. The summed E-state index contributed by atoms with van der Waals surface area (Å²) in [5, 5.41) is 12.0. The molecule has 3 amide bonds. The Morgan fingerprint density at radius 1 is 1.13 bits per heavy atom. The number of rotatable bonds is 7. The molecule has 1 saturated heterocycles. The summed E-state index contributed by atoms with van der Waals surface area (Å²) >= 11 is 1.31. The molecule has 1 fully saturated rings. The van der Waals surface area contributed by atoms with Crippen molar-refractivity contribution in [3.05, 3.63) is 70.3 Å². The van der Waals surface area contributed by atoms with E-state index in [-0.39, 0.29) is 42.7 Å². The molecule has 1 aliphatic heterocycles. The van der Waals surface area contributed by atoms with Crippen LogP contribution in [0.15, 0.2) is 58.8 Å². The normalized spacial score (nSPS) is 15.3. The predicted octanol–water partition coefficient (Wildman–Crippen LogP) is 4.25. The maximum absolute atomic E-state index is 13.4. The highest BCUT2D eigenvalue weighted by Gasteiger charge is 2.39. The lowest BCUT2D eigenvalue weighted by Gasteiger charge is -2.40. The summed E-state index contributed by atoms with van der Waals surface area (Å²) in [5.41, 5.74) is 1.34. The second-order valence-electron chi connectivity index (χ2n) is 9.38. The van der Waals surface area contributed by atoms with E-state index in [0.29, 0.717) is 10.5 Å². The number of nitrogens with zero attached hydrogens (tertiary/aromatic N) is 4. The van der Waals surface area contributed by atoms with Crippen LogP contribution in [-0.2, 0) is 14.3 Å². The number of hydrogen-bond donors (Lipinski definition) is 0. The fraction of sp³-hybridized carbons (Fsp3) is 0.370. The van der Waals surface area contributed by atoms with Gasteiger partial charge in [0.25, 0.3) is 11.6 Å². The lowest BCUT2D eigenvalue weighted by Crippen LogP contribution is -2.61. The first-order chi connectivity index (χ1) is 18.0. The van der Waals surface area contributed by atoms with Gasteiger partial charge in [-0.2, -0.15) is 0 Å². The van der Waals surface area contributed by atoms with E-state index >= 15 is 0 Å². The minimum atomic E-state index is -0.919.